The number of para-hydroxylation sites is 1. The summed E-state index contributed by atoms with van der Waals surface area (Å²) in [7, 11) is -3.66. The van der Waals surface area contributed by atoms with Crippen LogP contribution in [0.4, 0.5) is 0 Å². The van der Waals surface area contributed by atoms with Crippen LogP contribution in [0.5, 0.6) is 0 Å². The van der Waals surface area contributed by atoms with Gasteiger partial charge in [-0.1, -0.05) is 36.7 Å². The second-order valence-corrected chi connectivity index (χ2v) is 8.81. The molecule has 1 N–H and O–H groups in total. The van der Waals surface area contributed by atoms with Crippen molar-refractivity contribution in [2.75, 3.05) is 0 Å². The average Bonchev–Trinajstić information content (AvgIpc) is 3.06. The van der Waals surface area contributed by atoms with E-state index in [9.17, 15) is 8.42 Å². The standard InChI is InChI=1S/C20H23ClN2O2S/c1-4-14(2)23(26(24,25)18-11-9-17(21)10-12-18)15(3)20-13-16-7-5-6-8-19(16)22-20/h5-15,22H,4H2,1-3H3/t14?,15-/m1/s1. The van der Waals surface area contributed by atoms with Crippen molar-refractivity contribution in [1.29, 1.82) is 0 Å². The molecule has 138 valence electrons. The van der Waals surface area contributed by atoms with Crippen molar-refractivity contribution in [2.45, 2.75) is 44.2 Å². The number of hydrogen-bond donors (Lipinski definition) is 1. The van der Waals surface area contributed by atoms with Crippen molar-refractivity contribution in [1.82, 2.24) is 9.29 Å². The maximum Gasteiger partial charge on any atom is 0.243 e. The number of halogens is 1. The average molecular weight is 391 g/mol. The van der Waals surface area contributed by atoms with Gasteiger partial charge in [-0.05, 0) is 62.1 Å². The molecule has 2 atom stereocenters. The summed E-state index contributed by atoms with van der Waals surface area (Å²) < 4.78 is 28.3. The van der Waals surface area contributed by atoms with Gasteiger partial charge in [-0.3, -0.25) is 0 Å². The maximum absolute atomic E-state index is 13.3. The molecule has 0 amide bonds. The van der Waals surface area contributed by atoms with Crippen molar-refractivity contribution in [2.24, 2.45) is 0 Å². The summed E-state index contributed by atoms with van der Waals surface area (Å²) in [6, 6.07) is 15.8. The van der Waals surface area contributed by atoms with Crippen LogP contribution in [-0.2, 0) is 10.0 Å². The Labute approximate surface area is 159 Å². The fourth-order valence-corrected chi connectivity index (χ4v) is 5.20. The number of sulfonamides is 1. The van der Waals surface area contributed by atoms with E-state index >= 15 is 0 Å². The fourth-order valence-electron chi connectivity index (χ4n) is 3.19. The molecule has 0 radical (unpaired) electrons. The highest BCUT2D eigenvalue weighted by Crippen LogP contribution is 2.32. The first-order valence-corrected chi connectivity index (χ1v) is 10.5. The molecule has 0 aliphatic carbocycles. The summed E-state index contributed by atoms with van der Waals surface area (Å²) in [5.74, 6) is 0. The van der Waals surface area contributed by atoms with E-state index in [2.05, 4.69) is 4.98 Å². The molecule has 0 spiro atoms. The first-order chi connectivity index (χ1) is 12.3. The van der Waals surface area contributed by atoms with Crippen molar-refractivity contribution < 1.29 is 8.42 Å². The van der Waals surface area contributed by atoms with Crippen molar-refractivity contribution in [3.63, 3.8) is 0 Å². The number of nitrogens with one attached hydrogen (secondary N) is 1. The molecular weight excluding hydrogens is 368 g/mol. The lowest BCUT2D eigenvalue weighted by atomic mass is 10.1. The molecule has 0 fully saturated rings. The zero-order chi connectivity index (χ0) is 18.9. The van der Waals surface area contributed by atoms with Crippen LogP contribution in [0.15, 0.2) is 59.5 Å². The zero-order valence-electron chi connectivity index (χ0n) is 15.1. The molecule has 3 rings (SSSR count). The molecule has 6 heteroatoms. The normalized spacial score (nSPS) is 14.7. The highest BCUT2D eigenvalue weighted by molar-refractivity contribution is 7.89. The highest BCUT2D eigenvalue weighted by Gasteiger charge is 2.34. The zero-order valence-corrected chi connectivity index (χ0v) is 16.7. The Morgan fingerprint density at radius 2 is 1.73 bits per heavy atom. The Hall–Kier alpha value is -1.82. The molecule has 0 saturated heterocycles. The number of hydrogen-bond acceptors (Lipinski definition) is 2. The Morgan fingerprint density at radius 3 is 2.35 bits per heavy atom. The lowest BCUT2D eigenvalue weighted by Gasteiger charge is -2.32. The first kappa shape index (κ1) is 19.0. The van der Waals surface area contributed by atoms with E-state index < -0.39 is 10.0 Å². The third kappa shape index (κ3) is 3.52. The summed E-state index contributed by atoms with van der Waals surface area (Å²) in [5, 5.41) is 1.59. The minimum Gasteiger partial charge on any atom is -0.357 e. The molecular formula is C20H23ClN2O2S. The Bertz CT molecular complexity index is 963. The van der Waals surface area contributed by atoms with Gasteiger partial charge in [0.05, 0.1) is 10.9 Å². The van der Waals surface area contributed by atoms with Gasteiger partial charge in [0.25, 0.3) is 0 Å². The summed E-state index contributed by atoms with van der Waals surface area (Å²) in [4.78, 5) is 3.62. The van der Waals surface area contributed by atoms with Gasteiger partial charge < -0.3 is 4.98 Å². The van der Waals surface area contributed by atoms with E-state index in [4.69, 9.17) is 11.6 Å². The molecule has 4 nitrogen and oxygen atoms in total. The van der Waals surface area contributed by atoms with Crippen molar-refractivity contribution in [3.8, 4) is 0 Å². The number of nitrogens with zero attached hydrogens (tertiary/aromatic N) is 1. The van der Waals surface area contributed by atoms with E-state index in [0.29, 0.717) is 5.02 Å². The van der Waals surface area contributed by atoms with Gasteiger partial charge >= 0.3 is 0 Å². The van der Waals surface area contributed by atoms with Gasteiger partial charge in [0, 0.05) is 22.3 Å². The number of rotatable bonds is 6. The van der Waals surface area contributed by atoms with Gasteiger partial charge in [-0.2, -0.15) is 4.31 Å². The van der Waals surface area contributed by atoms with E-state index in [-0.39, 0.29) is 17.0 Å². The van der Waals surface area contributed by atoms with Crippen LogP contribution in [0, 0.1) is 0 Å². The van der Waals surface area contributed by atoms with Crippen molar-refractivity contribution in [3.05, 3.63) is 65.3 Å². The summed E-state index contributed by atoms with van der Waals surface area (Å²) in [6.07, 6.45) is 0.720. The second kappa shape index (κ2) is 7.43. The molecule has 1 unspecified atom stereocenters. The Balaban J connectivity index is 2.06. The van der Waals surface area contributed by atoms with Gasteiger partial charge in [-0.25, -0.2) is 8.42 Å². The van der Waals surface area contributed by atoms with E-state index in [1.165, 1.54) is 0 Å². The molecule has 0 aliphatic rings. The number of H-pyrrole nitrogens is 1. The largest absolute Gasteiger partial charge is 0.357 e. The molecule has 1 aromatic heterocycles. The minimum atomic E-state index is -3.66. The van der Waals surface area contributed by atoms with E-state index in [1.807, 2.05) is 51.1 Å². The SMILES string of the molecule is CCC(C)N([C@H](C)c1cc2ccccc2[nH]1)S(=O)(=O)c1ccc(Cl)cc1. The highest BCUT2D eigenvalue weighted by atomic mass is 35.5. The number of benzene rings is 2. The Kier molecular flexibility index (Phi) is 5.42. The number of aromatic amines is 1. The van der Waals surface area contributed by atoms with E-state index in [1.54, 1.807) is 28.6 Å². The molecule has 2 aromatic carbocycles. The number of aromatic nitrogens is 1. The van der Waals surface area contributed by atoms with Gasteiger partial charge in [0.1, 0.15) is 0 Å². The molecule has 1 heterocycles. The summed E-state index contributed by atoms with van der Waals surface area (Å²) in [5.41, 5.74) is 1.88. The maximum atomic E-state index is 13.3. The fraction of sp³-hybridized carbons (Fsp3) is 0.300. The van der Waals surface area contributed by atoms with Crippen LogP contribution >= 0.6 is 11.6 Å². The van der Waals surface area contributed by atoms with Crippen LogP contribution in [-0.4, -0.2) is 23.7 Å². The van der Waals surface area contributed by atoms with E-state index in [0.717, 1.165) is 23.0 Å². The van der Waals surface area contributed by atoms with Gasteiger partial charge in [-0.15, -0.1) is 0 Å². The van der Waals surface area contributed by atoms with Crippen LogP contribution in [0.2, 0.25) is 5.02 Å². The van der Waals surface area contributed by atoms with Crippen LogP contribution in [0.25, 0.3) is 10.9 Å². The molecule has 0 bridgehead atoms. The van der Waals surface area contributed by atoms with Gasteiger partial charge in [0.15, 0.2) is 0 Å². The molecule has 0 aliphatic heterocycles. The molecule has 3 aromatic rings. The van der Waals surface area contributed by atoms with Crippen LogP contribution in [0.1, 0.15) is 38.9 Å². The second-order valence-electron chi connectivity index (χ2n) is 6.53. The first-order valence-electron chi connectivity index (χ1n) is 8.71. The third-order valence-corrected chi connectivity index (χ3v) is 7.15. The van der Waals surface area contributed by atoms with Crippen LogP contribution in [0.3, 0.4) is 0 Å². The van der Waals surface area contributed by atoms with Crippen LogP contribution < -0.4 is 0 Å². The number of fused-ring (bicyclic) bond motifs is 1. The summed E-state index contributed by atoms with van der Waals surface area (Å²) >= 11 is 5.92. The summed E-state index contributed by atoms with van der Waals surface area (Å²) in [6.45, 7) is 5.85. The smallest absolute Gasteiger partial charge is 0.243 e. The van der Waals surface area contributed by atoms with Gasteiger partial charge in [0.2, 0.25) is 10.0 Å². The monoisotopic (exact) mass is 390 g/mol. The lowest BCUT2D eigenvalue weighted by Crippen LogP contribution is -2.40. The topological polar surface area (TPSA) is 53.2 Å². The predicted octanol–water partition coefficient (Wildman–Crippen LogP) is 5.37. The molecule has 26 heavy (non-hydrogen) atoms. The lowest BCUT2D eigenvalue weighted by molar-refractivity contribution is 0.268. The third-order valence-electron chi connectivity index (χ3n) is 4.80. The molecule has 0 saturated carbocycles. The predicted molar refractivity (Wildman–Crippen MR) is 107 cm³/mol. The van der Waals surface area contributed by atoms with Crippen molar-refractivity contribution >= 4 is 32.5 Å². The minimum absolute atomic E-state index is 0.142. The Morgan fingerprint density at radius 1 is 1.08 bits per heavy atom. The quantitative estimate of drug-likeness (QED) is 0.614.